The second-order valence-corrected chi connectivity index (χ2v) is 19.3. The molecule has 1 aliphatic heterocycles. The lowest BCUT2D eigenvalue weighted by molar-refractivity contribution is -0.180. The van der Waals surface area contributed by atoms with Crippen LogP contribution in [0.4, 0.5) is 0 Å². The molecule has 1 heterocycles. The number of carbonyl (C=O) groups is 2. The van der Waals surface area contributed by atoms with Gasteiger partial charge in [-0.1, -0.05) is 44.6 Å². The van der Waals surface area contributed by atoms with Gasteiger partial charge in [0, 0.05) is 30.0 Å². The molecule has 2 saturated carbocycles. The van der Waals surface area contributed by atoms with Crippen LogP contribution in [-0.4, -0.2) is 46.3 Å². The van der Waals surface area contributed by atoms with Crippen LogP contribution in [0.2, 0.25) is 0 Å². The number of fused-ring (bicyclic) bond motifs is 10. The highest BCUT2D eigenvalue weighted by atomic mass is 16.5. The molecule has 274 valence electrons. The van der Waals surface area contributed by atoms with Gasteiger partial charge >= 0.3 is 0 Å². The van der Waals surface area contributed by atoms with Gasteiger partial charge in [0.2, 0.25) is 5.91 Å². The van der Waals surface area contributed by atoms with E-state index < -0.39 is 23.4 Å². The smallest absolute Gasteiger partial charge is 0.246 e. The van der Waals surface area contributed by atoms with Crippen LogP contribution >= 0.6 is 0 Å². The van der Waals surface area contributed by atoms with Crippen LogP contribution in [0, 0.1) is 39.9 Å². The highest BCUT2D eigenvalue weighted by molar-refractivity contribution is 6.12. The maximum atomic E-state index is 14.9. The number of allylic oxidation sites excluding steroid dienone is 4. The maximum absolute atomic E-state index is 14.9. The van der Waals surface area contributed by atoms with Crippen LogP contribution in [0.15, 0.2) is 41.5 Å². The first kappa shape index (κ1) is 35.2. The Morgan fingerprint density at radius 2 is 1.75 bits per heavy atom. The number of ether oxygens (including phenoxy) is 1. The average molecular weight is 694 g/mol. The molecule has 51 heavy (non-hydrogen) atoms. The Hall–Kier alpha value is -2.80. The summed E-state index contributed by atoms with van der Waals surface area (Å²) in [6.45, 7) is 24.0. The van der Waals surface area contributed by atoms with Crippen LogP contribution < -0.4 is 5.32 Å². The molecule has 3 unspecified atom stereocenters. The molecule has 1 amide bonds. The second-order valence-electron chi connectivity index (χ2n) is 19.3. The molecule has 0 aromatic heterocycles. The van der Waals surface area contributed by atoms with E-state index in [4.69, 9.17) is 4.74 Å². The molecule has 0 spiro atoms. The van der Waals surface area contributed by atoms with Crippen molar-refractivity contribution >= 4 is 22.8 Å². The Balaban J connectivity index is 1.28. The standard InChI is InChI=1S/C45H59NO5/c1-22(2)31-34-32-25(20-26-28-21-41(4,5)51-42(6,7)37(28)39(49)33(26)35(32)38(31)48)27-19-24-14-15-29-43(8,17-12-13-23(3)40(50)46-11)30(47)16-18-44(29,9)45(24,10)36(27)34/h13,20-21,24,29-31,34,37,39,47,49H,1,12,14-19H2,2-11H3,(H,46,50)/b23-13+/t24?,29-,30-,31+,34?,37?,39+,43-,44-,45+/m0/s1. The summed E-state index contributed by atoms with van der Waals surface area (Å²) in [5.74, 6) is 0.169. The third-order valence-corrected chi connectivity index (χ3v) is 15.9. The van der Waals surface area contributed by atoms with Gasteiger partial charge < -0.3 is 20.3 Å². The minimum atomic E-state index is -0.817. The van der Waals surface area contributed by atoms with E-state index >= 15 is 0 Å². The van der Waals surface area contributed by atoms with Crippen molar-refractivity contribution < 1.29 is 24.5 Å². The van der Waals surface area contributed by atoms with Crippen molar-refractivity contribution in [3.63, 3.8) is 0 Å². The molecule has 3 N–H and O–H groups in total. The molecule has 1 aromatic carbocycles. The van der Waals surface area contributed by atoms with Gasteiger partial charge in [-0.05, 0) is 160 Å². The zero-order valence-electron chi connectivity index (χ0n) is 32.5. The summed E-state index contributed by atoms with van der Waals surface area (Å²) in [6.07, 6.45) is 9.46. The van der Waals surface area contributed by atoms with Gasteiger partial charge in [0.25, 0.3) is 0 Å². The fraction of sp³-hybridized carbons (Fsp3) is 0.644. The van der Waals surface area contributed by atoms with Crippen LogP contribution in [0.5, 0.6) is 0 Å². The molecule has 1 aromatic rings. The van der Waals surface area contributed by atoms with Crippen molar-refractivity contribution in [3.05, 3.63) is 69.3 Å². The summed E-state index contributed by atoms with van der Waals surface area (Å²) in [5, 5.41) is 26.7. The number of amides is 1. The zero-order valence-corrected chi connectivity index (χ0v) is 32.5. The first-order chi connectivity index (χ1) is 23.7. The largest absolute Gasteiger partial charge is 0.393 e. The van der Waals surface area contributed by atoms with Crippen molar-refractivity contribution in [2.24, 2.45) is 39.9 Å². The first-order valence-electron chi connectivity index (χ1n) is 19.6. The predicted molar refractivity (Wildman–Crippen MR) is 202 cm³/mol. The van der Waals surface area contributed by atoms with Crippen molar-refractivity contribution in [3.8, 4) is 0 Å². The fourth-order valence-corrected chi connectivity index (χ4v) is 13.8. The van der Waals surface area contributed by atoms with Gasteiger partial charge in [0.05, 0.1) is 29.3 Å². The van der Waals surface area contributed by atoms with Crippen LogP contribution in [0.3, 0.4) is 0 Å². The quantitative estimate of drug-likeness (QED) is 0.212. The minimum Gasteiger partial charge on any atom is -0.393 e. The lowest BCUT2D eigenvalue weighted by atomic mass is 9.39. The minimum absolute atomic E-state index is 0.0551. The number of carbonyl (C=O) groups excluding carboxylic acids is 2. The fourth-order valence-electron chi connectivity index (χ4n) is 13.8. The predicted octanol–water partition coefficient (Wildman–Crippen LogP) is 8.64. The summed E-state index contributed by atoms with van der Waals surface area (Å²) in [5.41, 5.74) is 8.97. The summed E-state index contributed by atoms with van der Waals surface area (Å²) in [6, 6.07) is 2.36. The number of hydrogen-bond acceptors (Lipinski definition) is 5. The Kier molecular flexibility index (Phi) is 7.52. The van der Waals surface area contributed by atoms with Crippen LogP contribution in [0.1, 0.15) is 152 Å². The molecule has 7 aliphatic rings. The van der Waals surface area contributed by atoms with E-state index in [9.17, 15) is 19.8 Å². The molecule has 0 bridgehead atoms. The molecular weight excluding hydrogens is 634 g/mol. The van der Waals surface area contributed by atoms with E-state index in [0.29, 0.717) is 11.8 Å². The first-order valence-corrected chi connectivity index (χ1v) is 19.6. The number of aliphatic hydroxyl groups excluding tert-OH is 2. The monoisotopic (exact) mass is 693 g/mol. The molecular formula is C45H59NO5. The normalized spacial score (nSPS) is 40.9. The Morgan fingerprint density at radius 1 is 1.04 bits per heavy atom. The number of ketones is 1. The number of rotatable bonds is 5. The average Bonchev–Trinajstić information content (AvgIpc) is 3.71. The molecule has 6 nitrogen and oxygen atoms in total. The zero-order chi connectivity index (χ0) is 37.0. The van der Waals surface area contributed by atoms with E-state index in [2.05, 4.69) is 72.5 Å². The Labute approximate surface area is 304 Å². The molecule has 8 rings (SSSR count). The number of hydrogen-bond donors (Lipinski definition) is 3. The summed E-state index contributed by atoms with van der Waals surface area (Å²) in [4.78, 5) is 27.2. The molecule has 6 heteroatoms. The summed E-state index contributed by atoms with van der Waals surface area (Å²) < 4.78 is 6.55. The Bertz CT molecular complexity index is 1890. The number of benzene rings is 1. The van der Waals surface area contributed by atoms with Gasteiger partial charge in [-0.25, -0.2) is 0 Å². The second kappa shape index (κ2) is 10.9. The van der Waals surface area contributed by atoms with Gasteiger partial charge in [0.1, 0.15) is 0 Å². The third-order valence-electron chi connectivity index (χ3n) is 15.9. The summed E-state index contributed by atoms with van der Waals surface area (Å²) >= 11 is 0. The number of aliphatic hydroxyl groups is 2. The van der Waals surface area contributed by atoms with Gasteiger partial charge in [-0.15, -0.1) is 0 Å². The SMILES string of the molecule is C=C(C)[C@H]1C(=O)c2c3c(cc4c2[C@@H](O)C2C4=CC(C)(C)OC2(C)C)C2=C(C31)[C@@]1(C)C(CC[C@H]3[C@](C)(CC/C=C(\C)C(=O)NC)[C@@H](O)CC[C@@]31C)C2. The molecule has 2 fully saturated rings. The highest BCUT2D eigenvalue weighted by Crippen LogP contribution is 2.78. The number of likely N-dealkylation sites (N-methyl/N-ethyl adjacent to an activating group) is 1. The van der Waals surface area contributed by atoms with Crippen LogP contribution in [0.25, 0.3) is 11.1 Å². The van der Waals surface area contributed by atoms with Crippen molar-refractivity contribution in [1.82, 2.24) is 5.32 Å². The number of nitrogens with one attached hydrogen (secondary N) is 1. The maximum Gasteiger partial charge on any atom is 0.246 e. The molecule has 0 radical (unpaired) electrons. The van der Waals surface area contributed by atoms with E-state index in [-0.39, 0.29) is 45.7 Å². The van der Waals surface area contributed by atoms with Gasteiger partial charge in [0.15, 0.2) is 5.78 Å². The van der Waals surface area contributed by atoms with Crippen molar-refractivity contribution in [1.29, 1.82) is 0 Å². The lowest BCUT2D eigenvalue weighted by Gasteiger charge is -2.66. The van der Waals surface area contributed by atoms with E-state index in [0.717, 1.165) is 83.9 Å². The van der Waals surface area contributed by atoms with Crippen molar-refractivity contribution in [2.75, 3.05) is 7.05 Å². The molecule has 6 aliphatic carbocycles. The topological polar surface area (TPSA) is 95.9 Å². The summed E-state index contributed by atoms with van der Waals surface area (Å²) in [7, 11) is 1.66. The molecule has 0 saturated heterocycles. The third kappa shape index (κ3) is 4.33. The van der Waals surface area contributed by atoms with E-state index in [1.54, 1.807) is 7.05 Å². The highest BCUT2D eigenvalue weighted by Gasteiger charge is 2.70. The van der Waals surface area contributed by atoms with E-state index in [1.807, 2.05) is 19.9 Å². The number of Topliss-reactive ketones (excluding diaryl/α,β-unsaturated/α-hetero) is 1. The van der Waals surface area contributed by atoms with Gasteiger partial charge in [-0.2, -0.15) is 0 Å². The van der Waals surface area contributed by atoms with E-state index in [1.165, 1.54) is 16.7 Å². The van der Waals surface area contributed by atoms with Gasteiger partial charge in [-0.3, -0.25) is 9.59 Å². The van der Waals surface area contributed by atoms with Crippen molar-refractivity contribution in [2.45, 2.75) is 137 Å². The molecule has 10 atom stereocenters. The van der Waals surface area contributed by atoms with Crippen LogP contribution in [-0.2, 0) is 9.53 Å². The lowest BCUT2D eigenvalue weighted by Crippen LogP contribution is -2.61. The Morgan fingerprint density at radius 3 is 2.41 bits per heavy atom.